The van der Waals surface area contributed by atoms with E-state index in [4.69, 9.17) is 5.11 Å². The Morgan fingerprint density at radius 3 is 3.00 bits per heavy atom. The van der Waals surface area contributed by atoms with Crippen LogP contribution < -0.4 is 4.90 Å². The lowest BCUT2D eigenvalue weighted by atomic mass is 10.3. The van der Waals surface area contributed by atoms with Gasteiger partial charge in [-0.15, -0.1) is 0 Å². The zero-order valence-corrected chi connectivity index (χ0v) is 8.05. The quantitative estimate of drug-likeness (QED) is 0.752. The van der Waals surface area contributed by atoms with Gasteiger partial charge < -0.3 is 10.0 Å². The van der Waals surface area contributed by atoms with E-state index in [1.807, 2.05) is 11.9 Å². The summed E-state index contributed by atoms with van der Waals surface area (Å²) in [5.74, 6) is 0.0477. The van der Waals surface area contributed by atoms with Crippen LogP contribution in [0.3, 0.4) is 0 Å². The molecule has 0 saturated heterocycles. The van der Waals surface area contributed by atoms with E-state index in [1.165, 1.54) is 6.33 Å². The first-order valence-electron chi connectivity index (χ1n) is 4.39. The van der Waals surface area contributed by atoms with E-state index in [2.05, 4.69) is 9.97 Å². The van der Waals surface area contributed by atoms with Gasteiger partial charge in [-0.1, -0.05) is 0 Å². The monoisotopic (exact) mass is 195 g/mol. The highest BCUT2D eigenvalue weighted by Gasteiger charge is 2.02. The fourth-order valence-electron chi connectivity index (χ4n) is 1.09. The summed E-state index contributed by atoms with van der Waals surface area (Å²) in [5.41, 5.74) is 0. The van der Waals surface area contributed by atoms with Gasteiger partial charge in [0, 0.05) is 26.2 Å². The maximum atomic E-state index is 10.3. The van der Waals surface area contributed by atoms with Crippen molar-refractivity contribution >= 4 is 11.8 Å². The number of carbonyl (C=O) groups is 1. The summed E-state index contributed by atoms with van der Waals surface area (Å²) < 4.78 is 0. The van der Waals surface area contributed by atoms with Crippen LogP contribution in [0.25, 0.3) is 0 Å². The van der Waals surface area contributed by atoms with Crippen molar-refractivity contribution < 1.29 is 9.90 Å². The summed E-state index contributed by atoms with van der Waals surface area (Å²) in [6.07, 6.45) is 3.95. The van der Waals surface area contributed by atoms with Crippen molar-refractivity contribution in [3.8, 4) is 0 Å². The highest BCUT2D eigenvalue weighted by Crippen LogP contribution is 2.06. The number of hydrogen-bond donors (Lipinski definition) is 1. The van der Waals surface area contributed by atoms with Crippen LogP contribution in [0.5, 0.6) is 0 Å². The molecule has 0 aliphatic heterocycles. The van der Waals surface area contributed by atoms with Crippen LogP contribution in [-0.2, 0) is 4.79 Å². The molecular weight excluding hydrogens is 182 g/mol. The first-order chi connectivity index (χ1) is 6.70. The molecule has 1 heterocycles. The smallest absolute Gasteiger partial charge is 0.303 e. The fraction of sp³-hybridized carbons (Fsp3) is 0.444. The van der Waals surface area contributed by atoms with E-state index < -0.39 is 5.97 Å². The second kappa shape index (κ2) is 5.16. The minimum atomic E-state index is -0.763. The van der Waals surface area contributed by atoms with Gasteiger partial charge in [-0.05, 0) is 12.5 Å². The average molecular weight is 195 g/mol. The molecule has 0 spiro atoms. The topological polar surface area (TPSA) is 66.3 Å². The SMILES string of the molecule is CN(CCCC(=O)O)c1ccncn1. The Labute approximate surface area is 82.4 Å². The van der Waals surface area contributed by atoms with E-state index in [0.717, 1.165) is 5.82 Å². The van der Waals surface area contributed by atoms with Crippen LogP contribution in [0.4, 0.5) is 5.82 Å². The lowest BCUT2D eigenvalue weighted by Crippen LogP contribution is -2.20. The number of anilines is 1. The molecule has 0 aromatic carbocycles. The van der Waals surface area contributed by atoms with E-state index in [0.29, 0.717) is 13.0 Å². The summed E-state index contributed by atoms with van der Waals surface area (Å²) in [6.45, 7) is 0.684. The predicted octanol–water partition coefficient (Wildman–Crippen LogP) is 0.778. The molecule has 0 bridgehead atoms. The van der Waals surface area contributed by atoms with E-state index >= 15 is 0 Å². The number of aliphatic carboxylic acids is 1. The molecular formula is C9H13N3O2. The number of hydrogen-bond acceptors (Lipinski definition) is 4. The van der Waals surface area contributed by atoms with Gasteiger partial charge in [0.25, 0.3) is 0 Å². The van der Waals surface area contributed by atoms with Crippen molar-refractivity contribution in [3.63, 3.8) is 0 Å². The van der Waals surface area contributed by atoms with Crippen molar-refractivity contribution in [2.24, 2.45) is 0 Å². The Kier molecular flexibility index (Phi) is 3.84. The van der Waals surface area contributed by atoms with Crippen LogP contribution in [-0.4, -0.2) is 34.6 Å². The predicted molar refractivity (Wildman–Crippen MR) is 52.2 cm³/mol. The van der Waals surface area contributed by atoms with Gasteiger partial charge in [-0.2, -0.15) is 0 Å². The summed E-state index contributed by atoms with van der Waals surface area (Å²) in [6, 6.07) is 1.79. The normalized spacial score (nSPS) is 9.79. The minimum Gasteiger partial charge on any atom is -0.481 e. The summed E-state index contributed by atoms with van der Waals surface area (Å²) in [4.78, 5) is 20.0. The van der Waals surface area contributed by atoms with Gasteiger partial charge in [0.05, 0.1) is 0 Å². The maximum absolute atomic E-state index is 10.3. The zero-order chi connectivity index (χ0) is 10.4. The molecule has 1 rings (SSSR count). The Bertz CT molecular complexity index is 289. The molecule has 0 unspecified atom stereocenters. The lowest BCUT2D eigenvalue weighted by Gasteiger charge is -2.16. The molecule has 1 N–H and O–H groups in total. The fourth-order valence-corrected chi connectivity index (χ4v) is 1.09. The second-order valence-corrected chi connectivity index (χ2v) is 2.99. The number of carboxylic acid groups (broad SMARTS) is 1. The molecule has 0 aliphatic carbocycles. The highest BCUT2D eigenvalue weighted by atomic mass is 16.4. The molecule has 0 fully saturated rings. The molecule has 5 heteroatoms. The Morgan fingerprint density at radius 2 is 2.43 bits per heavy atom. The third kappa shape index (κ3) is 3.38. The third-order valence-electron chi connectivity index (χ3n) is 1.84. The van der Waals surface area contributed by atoms with E-state index in [9.17, 15) is 4.79 Å². The van der Waals surface area contributed by atoms with Crippen LogP contribution in [0.2, 0.25) is 0 Å². The Morgan fingerprint density at radius 1 is 1.64 bits per heavy atom. The molecule has 0 atom stereocenters. The lowest BCUT2D eigenvalue weighted by molar-refractivity contribution is -0.137. The van der Waals surface area contributed by atoms with E-state index in [-0.39, 0.29) is 6.42 Å². The molecule has 0 amide bonds. The van der Waals surface area contributed by atoms with Crippen LogP contribution >= 0.6 is 0 Å². The Hall–Kier alpha value is -1.65. The molecule has 0 radical (unpaired) electrons. The van der Waals surface area contributed by atoms with Gasteiger partial charge in [0.2, 0.25) is 0 Å². The van der Waals surface area contributed by atoms with Crippen molar-refractivity contribution in [3.05, 3.63) is 18.6 Å². The standard InChI is InChI=1S/C9H13N3O2/c1-12(6-2-3-9(13)14)8-4-5-10-7-11-8/h4-5,7H,2-3,6H2,1H3,(H,13,14). The van der Waals surface area contributed by atoms with Gasteiger partial charge >= 0.3 is 5.97 Å². The average Bonchev–Trinajstić information content (AvgIpc) is 2.18. The molecule has 5 nitrogen and oxygen atoms in total. The molecule has 0 aliphatic rings. The van der Waals surface area contributed by atoms with Crippen LogP contribution in [0.1, 0.15) is 12.8 Å². The third-order valence-corrected chi connectivity index (χ3v) is 1.84. The Balaban J connectivity index is 2.36. The van der Waals surface area contributed by atoms with Crippen molar-refractivity contribution in [1.29, 1.82) is 0 Å². The van der Waals surface area contributed by atoms with Crippen LogP contribution in [0.15, 0.2) is 18.6 Å². The minimum absolute atomic E-state index is 0.190. The number of aromatic nitrogens is 2. The number of nitrogens with zero attached hydrogens (tertiary/aromatic N) is 3. The van der Waals surface area contributed by atoms with Crippen molar-refractivity contribution in [2.75, 3.05) is 18.5 Å². The molecule has 1 aromatic rings. The van der Waals surface area contributed by atoms with E-state index in [1.54, 1.807) is 12.3 Å². The first-order valence-corrected chi connectivity index (χ1v) is 4.39. The maximum Gasteiger partial charge on any atom is 0.303 e. The zero-order valence-electron chi connectivity index (χ0n) is 8.05. The number of carboxylic acids is 1. The largest absolute Gasteiger partial charge is 0.481 e. The summed E-state index contributed by atoms with van der Waals surface area (Å²) >= 11 is 0. The second-order valence-electron chi connectivity index (χ2n) is 2.99. The molecule has 1 aromatic heterocycles. The van der Waals surface area contributed by atoms with Crippen molar-refractivity contribution in [1.82, 2.24) is 9.97 Å². The van der Waals surface area contributed by atoms with Gasteiger partial charge in [-0.25, -0.2) is 9.97 Å². The first kappa shape index (κ1) is 10.4. The molecule has 14 heavy (non-hydrogen) atoms. The summed E-state index contributed by atoms with van der Waals surface area (Å²) in [5, 5.41) is 8.45. The van der Waals surface area contributed by atoms with Gasteiger partial charge in [-0.3, -0.25) is 4.79 Å². The molecule has 0 saturated carbocycles. The van der Waals surface area contributed by atoms with Gasteiger partial charge in [0.1, 0.15) is 12.1 Å². The number of rotatable bonds is 5. The summed E-state index contributed by atoms with van der Waals surface area (Å²) in [7, 11) is 1.88. The van der Waals surface area contributed by atoms with Crippen LogP contribution in [0, 0.1) is 0 Å². The molecule has 76 valence electrons. The van der Waals surface area contributed by atoms with Crippen molar-refractivity contribution in [2.45, 2.75) is 12.8 Å². The van der Waals surface area contributed by atoms with Gasteiger partial charge in [0.15, 0.2) is 0 Å². The highest BCUT2D eigenvalue weighted by molar-refractivity contribution is 5.66.